The summed E-state index contributed by atoms with van der Waals surface area (Å²) < 4.78 is 10.5. The maximum absolute atomic E-state index is 12.7. The number of carbonyl (C=O) groups excluding carboxylic acids is 2. The first-order valence-corrected chi connectivity index (χ1v) is 9.96. The van der Waals surface area contributed by atoms with Gasteiger partial charge in [0.2, 0.25) is 11.8 Å². The minimum Gasteiger partial charge on any atom is -0.497 e. The van der Waals surface area contributed by atoms with Crippen molar-refractivity contribution in [3.63, 3.8) is 0 Å². The Labute approximate surface area is 175 Å². The van der Waals surface area contributed by atoms with Gasteiger partial charge in [-0.15, -0.1) is 0 Å². The summed E-state index contributed by atoms with van der Waals surface area (Å²) in [5, 5.41) is 3.90. The zero-order valence-corrected chi connectivity index (χ0v) is 17.2. The average molecular weight is 407 g/mol. The number of nitrogens with one attached hydrogen (secondary N) is 2. The number of carbonyl (C=O) groups is 2. The molecule has 0 saturated carbocycles. The predicted molar refractivity (Wildman–Crippen MR) is 115 cm³/mol. The molecule has 7 heteroatoms. The van der Waals surface area contributed by atoms with Crippen molar-refractivity contribution in [2.75, 3.05) is 26.1 Å². The minimum absolute atomic E-state index is 0.0151. The lowest BCUT2D eigenvalue weighted by molar-refractivity contribution is -0.133. The van der Waals surface area contributed by atoms with E-state index < -0.39 is 0 Å². The molecular formula is C23H25N3O4. The number of methoxy groups -OCH3 is 2. The quantitative estimate of drug-likeness (QED) is 0.655. The van der Waals surface area contributed by atoms with Gasteiger partial charge in [0, 0.05) is 66.3 Å². The molecule has 0 saturated heterocycles. The number of anilines is 1. The molecule has 2 aromatic carbocycles. The van der Waals surface area contributed by atoms with Crippen LogP contribution in [0.1, 0.15) is 24.1 Å². The Morgan fingerprint density at radius 3 is 2.67 bits per heavy atom. The Hall–Kier alpha value is -3.48. The third-order valence-electron chi connectivity index (χ3n) is 5.45. The van der Waals surface area contributed by atoms with Crippen LogP contribution in [0.5, 0.6) is 11.5 Å². The highest BCUT2D eigenvalue weighted by atomic mass is 16.5. The fourth-order valence-electron chi connectivity index (χ4n) is 3.84. The number of ether oxygens (including phenoxy) is 2. The van der Waals surface area contributed by atoms with Crippen molar-refractivity contribution in [2.24, 2.45) is 0 Å². The standard InChI is InChI=1S/C23H25N3O4/c1-29-16-5-3-4-15(12-16)24-22(27)8-9-23(28)26-11-10-21-19(14-26)18-13-17(30-2)6-7-20(18)25-21/h3-7,12-13,25H,8-11,14H2,1-2H3,(H,24,27). The predicted octanol–water partition coefficient (Wildman–Crippen LogP) is 3.49. The second-order valence-corrected chi connectivity index (χ2v) is 7.34. The molecule has 1 aromatic heterocycles. The fourth-order valence-corrected chi connectivity index (χ4v) is 3.84. The summed E-state index contributed by atoms with van der Waals surface area (Å²) in [5.41, 5.74) is 4.00. The minimum atomic E-state index is -0.189. The van der Waals surface area contributed by atoms with Crippen molar-refractivity contribution in [1.29, 1.82) is 0 Å². The Morgan fingerprint density at radius 1 is 1.07 bits per heavy atom. The van der Waals surface area contributed by atoms with Gasteiger partial charge >= 0.3 is 0 Å². The monoisotopic (exact) mass is 407 g/mol. The molecule has 0 unspecified atom stereocenters. The van der Waals surface area contributed by atoms with Gasteiger partial charge in [0.15, 0.2) is 0 Å². The van der Waals surface area contributed by atoms with Crippen LogP contribution in [-0.4, -0.2) is 42.5 Å². The number of hydrogen-bond acceptors (Lipinski definition) is 4. The van der Waals surface area contributed by atoms with Crippen molar-refractivity contribution >= 4 is 28.4 Å². The van der Waals surface area contributed by atoms with Gasteiger partial charge in [0.05, 0.1) is 14.2 Å². The van der Waals surface area contributed by atoms with Crippen LogP contribution >= 0.6 is 0 Å². The van der Waals surface area contributed by atoms with E-state index in [0.717, 1.165) is 34.3 Å². The second kappa shape index (κ2) is 8.49. The first kappa shape index (κ1) is 19.8. The van der Waals surface area contributed by atoms with E-state index in [1.165, 1.54) is 0 Å². The fraction of sp³-hybridized carbons (Fsp3) is 0.304. The number of hydrogen-bond donors (Lipinski definition) is 2. The van der Waals surface area contributed by atoms with Crippen LogP contribution in [0.15, 0.2) is 42.5 Å². The summed E-state index contributed by atoms with van der Waals surface area (Å²) in [6.45, 7) is 1.19. The molecule has 2 N–H and O–H groups in total. The molecule has 1 aliphatic rings. The van der Waals surface area contributed by atoms with Gasteiger partial charge in [-0.1, -0.05) is 6.07 Å². The molecule has 30 heavy (non-hydrogen) atoms. The molecule has 0 bridgehead atoms. The van der Waals surface area contributed by atoms with E-state index in [1.807, 2.05) is 29.2 Å². The van der Waals surface area contributed by atoms with E-state index in [0.29, 0.717) is 24.5 Å². The highest BCUT2D eigenvalue weighted by Crippen LogP contribution is 2.30. The van der Waals surface area contributed by atoms with Gasteiger partial charge in [-0.3, -0.25) is 9.59 Å². The van der Waals surface area contributed by atoms with E-state index in [4.69, 9.17) is 9.47 Å². The Balaban J connectivity index is 1.37. The van der Waals surface area contributed by atoms with E-state index in [2.05, 4.69) is 10.3 Å². The number of amides is 2. The molecule has 0 radical (unpaired) electrons. The summed E-state index contributed by atoms with van der Waals surface area (Å²) in [6, 6.07) is 13.1. The number of rotatable bonds is 6. The van der Waals surface area contributed by atoms with Crippen LogP contribution < -0.4 is 14.8 Å². The third-order valence-corrected chi connectivity index (χ3v) is 5.45. The summed E-state index contributed by atoms with van der Waals surface area (Å²) in [6.07, 6.45) is 1.09. The topological polar surface area (TPSA) is 83.7 Å². The number of aromatic amines is 1. The van der Waals surface area contributed by atoms with Crippen LogP contribution in [0.25, 0.3) is 10.9 Å². The maximum atomic E-state index is 12.7. The Bertz CT molecular complexity index is 1090. The molecule has 2 amide bonds. The summed E-state index contributed by atoms with van der Waals surface area (Å²) in [4.78, 5) is 30.3. The molecule has 2 heterocycles. The van der Waals surface area contributed by atoms with Gasteiger partial charge < -0.3 is 24.7 Å². The van der Waals surface area contributed by atoms with Crippen molar-refractivity contribution < 1.29 is 19.1 Å². The third kappa shape index (κ3) is 4.10. The number of benzene rings is 2. The summed E-state index contributed by atoms with van der Waals surface area (Å²) >= 11 is 0. The lowest BCUT2D eigenvalue weighted by Gasteiger charge is -2.27. The van der Waals surface area contributed by atoms with E-state index >= 15 is 0 Å². The molecule has 4 rings (SSSR count). The molecule has 156 valence electrons. The maximum Gasteiger partial charge on any atom is 0.224 e. The number of fused-ring (bicyclic) bond motifs is 3. The van der Waals surface area contributed by atoms with Crippen LogP contribution in [0, 0.1) is 0 Å². The van der Waals surface area contributed by atoms with Gasteiger partial charge in [0.25, 0.3) is 0 Å². The first-order chi connectivity index (χ1) is 14.6. The number of nitrogens with zero attached hydrogens (tertiary/aromatic N) is 1. The highest BCUT2D eigenvalue weighted by Gasteiger charge is 2.24. The van der Waals surface area contributed by atoms with Crippen molar-refractivity contribution in [2.45, 2.75) is 25.8 Å². The average Bonchev–Trinajstić information content (AvgIpc) is 3.14. The van der Waals surface area contributed by atoms with E-state index in [9.17, 15) is 9.59 Å². The van der Waals surface area contributed by atoms with Gasteiger partial charge in [-0.2, -0.15) is 0 Å². The zero-order valence-electron chi connectivity index (χ0n) is 17.2. The molecular weight excluding hydrogens is 382 g/mol. The number of aromatic nitrogens is 1. The number of H-pyrrole nitrogens is 1. The lowest BCUT2D eigenvalue weighted by atomic mass is 10.0. The van der Waals surface area contributed by atoms with Gasteiger partial charge in [-0.25, -0.2) is 0 Å². The molecule has 0 aliphatic carbocycles. The van der Waals surface area contributed by atoms with Crippen molar-refractivity contribution in [3.8, 4) is 11.5 Å². The Morgan fingerprint density at radius 2 is 1.87 bits per heavy atom. The summed E-state index contributed by atoms with van der Waals surface area (Å²) in [5.74, 6) is 1.26. The zero-order chi connectivity index (χ0) is 21.1. The van der Waals surface area contributed by atoms with Gasteiger partial charge in [-0.05, 0) is 30.3 Å². The largest absolute Gasteiger partial charge is 0.497 e. The lowest BCUT2D eigenvalue weighted by Crippen LogP contribution is -2.36. The highest BCUT2D eigenvalue weighted by molar-refractivity contribution is 5.93. The Kier molecular flexibility index (Phi) is 5.61. The van der Waals surface area contributed by atoms with E-state index in [1.54, 1.807) is 32.4 Å². The second-order valence-electron chi connectivity index (χ2n) is 7.34. The van der Waals surface area contributed by atoms with Crippen molar-refractivity contribution in [3.05, 3.63) is 53.7 Å². The molecule has 0 spiro atoms. The van der Waals surface area contributed by atoms with Crippen LogP contribution in [0.2, 0.25) is 0 Å². The SMILES string of the molecule is COc1cccc(NC(=O)CCC(=O)N2CCc3[nH]c4ccc(OC)cc4c3C2)c1. The smallest absolute Gasteiger partial charge is 0.224 e. The van der Waals surface area contributed by atoms with Crippen molar-refractivity contribution in [1.82, 2.24) is 9.88 Å². The molecule has 0 atom stereocenters. The van der Waals surface area contributed by atoms with Crippen LogP contribution in [0.3, 0.4) is 0 Å². The van der Waals surface area contributed by atoms with Gasteiger partial charge in [0.1, 0.15) is 11.5 Å². The van der Waals surface area contributed by atoms with Crippen LogP contribution in [0.4, 0.5) is 5.69 Å². The van der Waals surface area contributed by atoms with Crippen LogP contribution in [-0.2, 0) is 22.6 Å². The van der Waals surface area contributed by atoms with E-state index in [-0.39, 0.29) is 24.7 Å². The molecule has 0 fully saturated rings. The molecule has 1 aliphatic heterocycles. The summed E-state index contributed by atoms with van der Waals surface area (Å²) in [7, 11) is 3.22. The molecule has 7 nitrogen and oxygen atoms in total. The molecule has 3 aromatic rings. The first-order valence-electron chi connectivity index (χ1n) is 9.96. The normalized spacial score (nSPS) is 13.1.